The maximum atomic E-state index is 12.8. The number of nitrogens with zero attached hydrogens (tertiary/aromatic N) is 3. The van der Waals surface area contributed by atoms with Gasteiger partial charge in [-0.3, -0.25) is 9.59 Å². The Bertz CT molecular complexity index is 861. The Morgan fingerprint density at radius 3 is 2.37 bits per heavy atom. The summed E-state index contributed by atoms with van der Waals surface area (Å²) in [5.41, 5.74) is 0.489. The molecule has 9 heteroatoms. The van der Waals surface area contributed by atoms with Crippen LogP contribution in [0.2, 0.25) is 0 Å². The molecule has 0 aliphatic carbocycles. The first-order chi connectivity index (χ1) is 14.2. The number of carbonyl (C=O) groups excluding carboxylic acids is 2. The van der Waals surface area contributed by atoms with E-state index in [4.69, 9.17) is 0 Å². The summed E-state index contributed by atoms with van der Waals surface area (Å²) in [6, 6.07) is 6.56. The van der Waals surface area contributed by atoms with Crippen LogP contribution < -0.4 is 5.32 Å². The Hall–Kier alpha value is -1.97. The Labute approximate surface area is 179 Å². The third-order valence-electron chi connectivity index (χ3n) is 6.07. The maximum Gasteiger partial charge on any atom is 0.253 e. The lowest BCUT2D eigenvalue weighted by Gasteiger charge is -2.35. The van der Waals surface area contributed by atoms with Gasteiger partial charge in [0.1, 0.15) is 0 Å². The number of piperazine rings is 1. The van der Waals surface area contributed by atoms with Gasteiger partial charge in [0.05, 0.1) is 11.4 Å². The van der Waals surface area contributed by atoms with Crippen LogP contribution in [0, 0.1) is 5.92 Å². The average Bonchev–Trinajstić information content (AvgIpc) is 2.74. The van der Waals surface area contributed by atoms with E-state index in [1.807, 2.05) is 4.90 Å². The summed E-state index contributed by atoms with van der Waals surface area (Å²) in [7, 11) is -1.61. The van der Waals surface area contributed by atoms with Crippen LogP contribution in [0.4, 0.5) is 0 Å². The molecule has 1 N–H and O–H groups in total. The first-order valence-electron chi connectivity index (χ1n) is 10.5. The minimum absolute atomic E-state index is 0.0630. The lowest BCUT2D eigenvalue weighted by atomic mass is 9.95. The van der Waals surface area contributed by atoms with Gasteiger partial charge in [0.15, 0.2) is 0 Å². The molecule has 1 aromatic carbocycles. The Balaban J connectivity index is 1.60. The second-order valence-electron chi connectivity index (χ2n) is 8.48. The van der Waals surface area contributed by atoms with E-state index in [1.165, 1.54) is 16.4 Å². The summed E-state index contributed by atoms with van der Waals surface area (Å²) in [5.74, 6) is 0.224. The number of benzene rings is 1. The molecule has 0 bridgehead atoms. The second kappa shape index (κ2) is 9.45. The SMILES string of the molecule is CC(C)N(C)CC1CCN(C(=O)c2ccc(S(=O)(=O)N3CCNC(=O)C3)cc2)CC1. The molecule has 2 amide bonds. The number of hydrogen-bond donors (Lipinski definition) is 1. The summed E-state index contributed by atoms with van der Waals surface area (Å²) >= 11 is 0. The van der Waals surface area contributed by atoms with E-state index in [1.54, 1.807) is 12.1 Å². The first kappa shape index (κ1) is 22.7. The highest BCUT2D eigenvalue weighted by molar-refractivity contribution is 7.89. The van der Waals surface area contributed by atoms with Crippen molar-refractivity contribution in [3.63, 3.8) is 0 Å². The van der Waals surface area contributed by atoms with Crippen molar-refractivity contribution in [2.75, 3.05) is 46.3 Å². The Kier molecular flexibility index (Phi) is 7.15. The fourth-order valence-electron chi connectivity index (χ4n) is 3.86. The van der Waals surface area contributed by atoms with Crippen molar-refractivity contribution in [2.45, 2.75) is 37.6 Å². The number of likely N-dealkylation sites (tertiary alicyclic amines) is 1. The van der Waals surface area contributed by atoms with Gasteiger partial charge < -0.3 is 15.1 Å². The highest BCUT2D eigenvalue weighted by atomic mass is 32.2. The standard InChI is InChI=1S/C21H32N4O4S/c1-16(2)23(3)14-17-8-11-24(12-9-17)21(27)18-4-6-19(7-5-18)30(28,29)25-13-10-22-20(26)15-25/h4-7,16-17H,8-15H2,1-3H3,(H,22,26). The van der Waals surface area contributed by atoms with Crippen LogP contribution in [0.5, 0.6) is 0 Å². The molecule has 0 saturated carbocycles. The minimum atomic E-state index is -3.75. The van der Waals surface area contributed by atoms with Crippen molar-refractivity contribution in [1.82, 2.24) is 19.4 Å². The van der Waals surface area contributed by atoms with E-state index in [0.29, 0.717) is 24.1 Å². The van der Waals surface area contributed by atoms with E-state index >= 15 is 0 Å². The van der Waals surface area contributed by atoms with Gasteiger partial charge in [-0.1, -0.05) is 0 Å². The normalized spacial score (nSPS) is 19.4. The van der Waals surface area contributed by atoms with Crippen molar-refractivity contribution in [3.05, 3.63) is 29.8 Å². The van der Waals surface area contributed by atoms with Gasteiger partial charge in [0.2, 0.25) is 15.9 Å². The van der Waals surface area contributed by atoms with E-state index in [2.05, 4.69) is 31.1 Å². The van der Waals surface area contributed by atoms with Gasteiger partial charge >= 0.3 is 0 Å². The van der Waals surface area contributed by atoms with E-state index < -0.39 is 10.0 Å². The van der Waals surface area contributed by atoms with Crippen LogP contribution in [-0.4, -0.2) is 86.7 Å². The van der Waals surface area contributed by atoms with Gasteiger partial charge in [-0.15, -0.1) is 0 Å². The number of sulfonamides is 1. The zero-order valence-corrected chi connectivity index (χ0v) is 18.8. The molecule has 0 atom stereocenters. The highest BCUT2D eigenvalue weighted by Crippen LogP contribution is 2.22. The highest BCUT2D eigenvalue weighted by Gasteiger charge is 2.30. The number of nitrogens with one attached hydrogen (secondary N) is 1. The molecule has 3 rings (SSSR count). The summed E-state index contributed by atoms with van der Waals surface area (Å²) < 4.78 is 26.6. The molecule has 2 heterocycles. The zero-order valence-electron chi connectivity index (χ0n) is 18.0. The third-order valence-corrected chi connectivity index (χ3v) is 7.93. The molecule has 2 aliphatic rings. The predicted octanol–water partition coefficient (Wildman–Crippen LogP) is 1.000. The maximum absolute atomic E-state index is 12.8. The van der Waals surface area contributed by atoms with Crippen LogP contribution in [0.3, 0.4) is 0 Å². The van der Waals surface area contributed by atoms with E-state index in [9.17, 15) is 18.0 Å². The smallest absolute Gasteiger partial charge is 0.253 e. The molecule has 0 radical (unpaired) electrons. The molecular formula is C21H32N4O4S. The molecule has 2 saturated heterocycles. The van der Waals surface area contributed by atoms with Gasteiger partial charge in [0.25, 0.3) is 5.91 Å². The fraction of sp³-hybridized carbons (Fsp3) is 0.619. The molecule has 2 aliphatic heterocycles. The van der Waals surface area contributed by atoms with Crippen LogP contribution in [0.1, 0.15) is 37.0 Å². The molecule has 1 aromatic rings. The number of piperidine rings is 1. The largest absolute Gasteiger partial charge is 0.354 e. The molecule has 166 valence electrons. The van der Waals surface area contributed by atoms with Crippen LogP contribution >= 0.6 is 0 Å². The average molecular weight is 437 g/mol. The number of hydrogen-bond acceptors (Lipinski definition) is 5. The molecule has 0 unspecified atom stereocenters. The summed E-state index contributed by atoms with van der Waals surface area (Å²) in [4.78, 5) is 28.7. The van der Waals surface area contributed by atoms with Crippen molar-refractivity contribution in [1.29, 1.82) is 0 Å². The van der Waals surface area contributed by atoms with Gasteiger partial charge in [-0.25, -0.2) is 8.42 Å². The van der Waals surface area contributed by atoms with Crippen LogP contribution in [-0.2, 0) is 14.8 Å². The topological polar surface area (TPSA) is 90.0 Å². The molecule has 8 nitrogen and oxygen atoms in total. The first-order valence-corrected chi connectivity index (χ1v) is 12.0. The third kappa shape index (κ3) is 5.19. The predicted molar refractivity (Wildman–Crippen MR) is 115 cm³/mol. The van der Waals surface area contributed by atoms with Crippen LogP contribution in [0.15, 0.2) is 29.2 Å². The Morgan fingerprint density at radius 1 is 1.17 bits per heavy atom. The second-order valence-corrected chi connectivity index (χ2v) is 10.4. The fourth-order valence-corrected chi connectivity index (χ4v) is 5.26. The van der Waals surface area contributed by atoms with Crippen LogP contribution in [0.25, 0.3) is 0 Å². The number of rotatable bonds is 6. The zero-order chi connectivity index (χ0) is 21.9. The molecule has 0 aromatic heterocycles. The Morgan fingerprint density at radius 2 is 1.80 bits per heavy atom. The molecular weight excluding hydrogens is 404 g/mol. The van der Waals surface area contributed by atoms with Gasteiger partial charge in [-0.2, -0.15) is 4.31 Å². The van der Waals surface area contributed by atoms with Gasteiger partial charge in [-0.05, 0) is 63.9 Å². The monoisotopic (exact) mass is 436 g/mol. The summed E-state index contributed by atoms with van der Waals surface area (Å²) in [6.07, 6.45) is 1.96. The van der Waals surface area contributed by atoms with E-state index in [-0.39, 0.29) is 29.8 Å². The van der Waals surface area contributed by atoms with Crippen molar-refractivity contribution in [2.24, 2.45) is 5.92 Å². The molecule has 30 heavy (non-hydrogen) atoms. The quantitative estimate of drug-likeness (QED) is 0.719. The molecule has 0 spiro atoms. The number of amides is 2. The number of carbonyl (C=O) groups is 2. The lowest BCUT2D eigenvalue weighted by Crippen LogP contribution is -2.49. The molecule has 2 fully saturated rings. The summed E-state index contributed by atoms with van der Waals surface area (Å²) in [5, 5.41) is 2.62. The summed E-state index contributed by atoms with van der Waals surface area (Å²) in [6.45, 7) is 7.22. The lowest BCUT2D eigenvalue weighted by molar-refractivity contribution is -0.122. The minimum Gasteiger partial charge on any atom is -0.354 e. The van der Waals surface area contributed by atoms with Crippen molar-refractivity contribution in [3.8, 4) is 0 Å². The van der Waals surface area contributed by atoms with Crippen molar-refractivity contribution < 1.29 is 18.0 Å². The van der Waals surface area contributed by atoms with Crippen molar-refractivity contribution >= 4 is 21.8 Å². The van der Waals surface area contributed by atoms with Gasteiger partial charge in [0, 0.05) is 44.3 Å². The van der Waals surface area contributed by atoms with E-state index in [0.717, 1.165) is 32.5 Å².